The lowest BCUT2D eigenvalue weighted by Crippen LogP contribution is -2.24. The molecular weight excluding hydrogens is 298 g/mol. The number of carbonyl (C=O) groups is 2. The Bertz CT molecular complexity index is 782. The van der Waals surface area contributed by atoms with E-state index in [1.165, 1.54) is 0 Å². The van der Waals surface area contributed by atoms with Gasteiger partial charge in [-0.25, -0.2) is 0 Å². The molecule has 0 atom stereocenters. The molecular formula is C21H21NO2. The molecule has 2 aromatic carbocycles. The number of Topliss-reactive ketones (excluding diaryl/α,β-unsaturated/α-hetero) is 1. The third-order valence-corrected chi connectivity index (χ3v) is 3.65. The molecule has 0 aromatic heterocycles. The molecule has 0 aliphatic carbocycles. The Morgan fingerprint density at radius 3 is 2.50 bits per heavy atom. The maximum atomic E-state index is 12.2. The summed E-state index contributed by atoms with van der Waals surface area (Å²) in [6.07, 6.45) is 0.390. The Balaban J connectivity index is 1.78. The molecule has 0 aliphatic heterocycles. The molecule has 0 fully saturated rings. The van der Waals surface area contributed by atoms with E-state index in [0.717, 1.165) is 16.7 Å². The van der Waals surface area contributed by atoms with Gasteiger partial charge in [0.2, 0.25) is 5.91 Å². The molecule has 0 aliphatic rings. The van der Waals surface area contributed by atoms with Gasteiger partial charge in [-0.05, 0) is 37.6 Å². The van der Waals surface area contributed by atoms with Crippen molar-refractivity contribution in [2.24, 2.45) is 0 Å². The molecule has 0 saturated carbocycles. The number of nitrogens with one attached hydrogen (secondary N) is 1. The highest BCUT2D eigenvalue weighted by atomic mass is 16.2. The summed E-state index contributed by atoms with van der Waals surface area (Å²) >= 11 is 0. The number of aryl methyl sites for hydroxylation is 2. The first-order valence-electron chi connectivity index (χ1n) is 7.97. The van der Waals surface area contributed by atoms with E-state index >= 15 is 0 Å². The van der Waals surface area contributed by atoms with Crippen LogP contribution in [0.3, 0.4) is 0 Å². The van der Waals surface area contributed by atoms with Gasteiger partial charge in [0.15, 0.2) is 5.78 Å². The molecule has 3 heteroatoms. The summed E-state index contributed by atoms with van der Waals surface area (Å²) in [5.41, 5.74) is 3.60. The third-order valence-electron chi connectivity index (χ3n) is 3.65. The fourth-order valence-corrected chi connectivity index (χ4v) is 2.30. The summed E-state index contributed by atoms with van der Waals surface area (Å²) in [5, 5.41) is 2.72. The zero-order valence-electron chi connectivity index (χ0n) is 14.1. The average Bonchev–Trinajstić information content (AvgIpc) is 2.59. The van der Waals surface area contributed by atoms with Crippen LogP contribution < -0.4 is 5.32 Å². The van der Waals surface area contributed by atoms with Crippen molar-refractivity contribution in [3.8, 4) is 11.8 Å². The van der Waals surface area contributed by atoms with Crippen molar-refractivity contribution >= 4 is 11.7 Å². The standard InChI is InChI=1S/C21H21NO2/c1-16-10-11-17(2)19(15-16)20(23)12-13-21(24)22-14-6-9-18-7-4-3-5-8-18/h3-5,7-8,10-11,15H,12-14H2,1-2H3,(H,22,24). The van der Waals surface area contributed by atoms with Gasteiger partial charge in [0.25, 0.3) is 0 Å². The van der Waals surface area contributed by atoms with Crippen molar-refractivity contribution in [3.05, 3.63) is 70.8 Å². The second-order valence-electron chi connectivity index (χ2n) is 5.69. The summed E-state index contributed by atoms with van der Waals surface area (Å²) in [6.45, 7) is 4.14. The van der Waals surface area contributed by atoms with Crippen molar-refractivity contribution in [1.82, 2.24) is 5.32 Å². The van der Waals surface area contributed by atoms with E-state index in [0.29, 0.717) is 5.56 Å². The number of hydrogen-bond donors (Lipinski definition) is 1. The van der Waals surface area contributed by atoms with E-state index < -0.39 is 0 Å². The number of rotatable bonds is 5. The van der Waals surface area contributed by atoms with Crippen LogP contribution in [0.5, 0.6) is 0 Å². The van der Waals surface area contributed by atoms with E-state index in [9.17, 15) is 9.59 Å². The molecule has 0 unspecified atom stereocenters. The predicted molar refractivity (Wildman–Crippen MR) is 95.8 cm³/mol. The number of carbonyl (C=O) groups excluding carboxylic acids is 2. The molecule has 0 heterocycles. The van der Waals surface area contributed by atoms with Gasteiger partial charge < -0.3 is 5.32 Å². The van der Waals surface area contributed by atoms with Crippen LogP contribution in [-0.2, 0) is 4.79 Å². The Kier molecular flexibility index (Phi) is 6.33. The van der Waals surface area contributed by atoms with E-state index in [2.05, 4.69) is 17.2 Å². The van der Waals surface area contributed by atoms with Gasteiger partial charge >= 0.3 is 0 Å². The molecule has 1 N–H and O–H groups in total. The molecule has 2 aromatic rings. The number of benzene rings is 2. The SMILES string of the molecule is Cc1ccc(C)c(C(=O)CCC(=O)NCC#Cc2ccccc2)c1. The van der Waals surface area contributed by atoms with Gasteiger partial charge in [-0.3, -0.25) is 9.59 Å². The van der Waals surface area contributed by atoms with Crippen LogP contribution in [-0.4, -0.2) is 18.2 Å². The smallest absolute Gasteiger partial charge is 0.221 e. The first kappa shape index (κ1) is 17.5. The lowest BCUT2D eigenvalue weighted by molar-refractivity contribution is -0.120. The van der Waals surface area contributed by atoms with Crippen LogP contribution in [0.25, 0.3) is 0 Å². The number of ketones is 1. The van der Waals surface area contributed by atoms with Crippen LogP contribution in [0.15, 0.2) is 48.5 Å². The predicted octanol–water partition coefficient (Wildman–Crippen LogP) is 3.43. The van der Waals surface area contributed by atoms with E-state index in [1.807, 2.05) is 62.4 Å². The van der Waals surface area contributed by atoms with Gasteiger partial charge in [-0.1, -0.05) is 47.7 Å². The molecule has 24 heavy (non-hydrogen) atoms. The van der Waals surface area contributed by atoms with Crippen LogP contribution in [0, 0.1) is 25.7 Å². The van der Waals surface area contributed by atoms with Gasteiger partial charge in [0.05, 0.1) is 6.54 Å². The van der Waals surface area contributed by atoms with Crippen LogP contribution >= 0.6 is 0 Å². The van der Waals surface area contributed by atoms with E-state index in [-0.39, 0.29) is 31.1 Å². The zero-order valence-corrected chi connectivity index (χ0v) is 14.1. The van der Waals surface area contributed by atoms with Gasteiger partial charge in [-0.2, -0.15) is 0 Å². The molecule has 122 valence electrons. The first-order chi connectivity index (χ1) is 11.6. The highest BCUT2D eigenvalue weighted by Crippen LogP contribution is 2.13. The summed E-state index contributed by atoms with van der Waals surface area (Å²) < 4.78 is 0. The molecule has 0 saturated heterocycles. The second-order valence-corrected chi connectivity index (χ2v) is 5.69. The molecule has 1 amide bonds. The Hall–Kier alpha value is -2.86. The highest BCUT2D eigenvalue weighted by Gasteiger charge is 2.11. The van der Waals surface area contributed by atoms with E-state index in [1.54, 1.807) is 0 Å². The molecule has 0 radical (unpaired) electrons. The maximum Gasteiger partial charge on any atom is 0.221 e. The Morgan fingerprint density at radius 2 is 1.75 bits per heavy atom. The van der Waals surface area contributed by atoms with Gasteiger partial charge in [0.1, 0.15) is 0 Å². The van der Waals surface area contributed by atoms with Crippen molar-refractivity contribution < 1.29 is 9.59 Å². The molecule has 0 bridgehead atoms. The summed E-state index contributed by atoms with van der Waals surface area (Å²) in [5.74, 6) is 5.72. The summed E-state index contributed by atoms with van der Waals surface area (Å²) in [6, 6.07) is 15.4. The molecule has 0 spiro atoms. The highest BCUT2D eigenvalue weighted by molar-refractivity contribution is 5.99. The van der Waals surface area contributed by atoms with E-state index in [4.69, 9.17) is 0 Å². The van der Waals surface area contributed by atoms with Crippen LogP contribution in [0.1, 0.15) is 39.9 Å². The van der Waals surface area contributed by atoms with Gasteiger partial charge in [0, 0.05) is 24.0 Å². The first-order valence-corrected chi connectivity index (χ1v) is 7.97. The van der Waals surface area contributed by atoms with Crippen molar-refractivity contribution in [3.63, 3.8) is 0 Å². The normalized spacial score (nSPS) is 9.75. The lowest BCUT2D eigenvalue weighted by Gasteiger charge is -2.06. The lowest BCUT2D eigenvalue weighted by atomic mass is 9.99. The fraction of sp³-hybridized carbons (Fsp3) is 0.238. The Morgan fingerprint density at radius 1 is 1.00 bits per heavy atom. The molecule has 3 nitrogen and oxygen atoms in total. The van der Waals surface area contributed by atoms with Crippen LogP contribution in [0.4, 0.5) is 0 Å². The number of amides is 1. The Labute approximate surface area is 143 Å². The van der Waals surface area contributed by atoms with Gasteiger partial charge in [-0.15, -0.1) is 0 Å². The van der Waals surface area contributed by atoms with Crippen molar-refractivity contribution in [2.45, 2.75) is 26.7 Å². The average molecular weight is 319 g/mol. The largest absolute Gasteiger partial charge is 0.345 e. The molecule has 2 rings (SSSR count). The van der Waals surface area contributed by atoms with Crippen molar-refractivity contribution in [1.29, 1.82) is 0 Å². The quantitative estimate of drug-likeness (QED) is 0.678. The van der Waals surface area contributed by atoms with Crippen LogP contribution in [0.2, 0.25) is 0 Å². The zero-order chi connectivity index (χ0) is 17.4. The number of hydrogen-bond acceptors (Lipinski definition) is 2. The minimum atomic E-state index is -0.156. The monoisotopic (exact) mass is 319 g/mol. The third kappa shape index (κ3) is 5.40. The van der Waals surface area contributed by atoms with Crippen molar-refractivity contribution in [2.75, 3.05) is 6.54 Å². The topological polar surface area (TPSA) is 46.2 Å². The minimum Gasteiger partial charge on any atom is -0.345 e. The summed E-state index contributed by atoms with van der Waals surface area (Å²) in [4.78, 5) is 24.0. The second kappa shape index (κ2) is 8.69. The maximum absolute atomic E-state index is 12.2. The summed E-state index contributed by atoms with van der Waals surface area (Å²) in [7, 11) is 0. The fourth-order valence-electron chi connectivity index (χ4n) is 2.30. The minimum absolute atomic E-state index is 0.00159.